The van der Waals surface area contributed by atoms with Crippen LogP contribution in [-0.2, 0) is 33.3 Å². The number of carbonyl (C=O) groups excluding carboxylic acids is 2. The van der Waals surface area contributed by atoms with Crippen molar-refractivity contribution in [3.8, 4) is 0 Å². The molecule has 2 aromatic carbocycles. The Balaban J connectivity index is 1.82. The lowest BCUT2D eigenvalue weighted by atomic mass is 9.77. The van der Waals surface area contributed by atoms with Gasteiger partial charge in [-0.2, -0.15) is 13.2 Å². The third-order valence-corrected chi connectivity index (χ3v) is 6.65. The molecule has 1 N–H and O–H groups in total. The van der Waals surface area contributed by atoms with Crippen molar-refractivity contribution in [3.05, 3.63) is 71.3 Å². The summed E-state index contributed by atoms with van der Waals surface area (Å²) in [6.45, 7) is 7.09. The first-order valence-corrected chi connectivity index (χ1v) is 12.7. The largest absolute Gasteiger partial charge is 0.461 e. The van der Waals surface area contributed by atoms with Gasteiger partial charge in [-0.15, -0.1) is 0 Å². The molecule has 202 valence electrons. The molecule has 2 aromatic rings. The summed E-state index contributed by atoms with van der Waals surface area (Å²) in [6.07, 6.45) is -2.56. The first-order valence-electron chi connectivity index (χ1n) is 12.7. The van der Waals surface area contributed by atoms with Crippen LogP contribution in [-0.4, -0.2) is 29.8 Å². The smallest absolute Gasteiger partial charge is 0.416 e. The number of hydrogen-bond donors (Lipinski definition) is 1. The number of amides is 1. The van der Waals surface area contributed by atoms with Gasteiger partial charge in [0.1, 0.15) is 17.7 Å². The minimum absolute atomic E-state index is 0.0556. The van der Waals surface area contributed by atoms with E-state index in [2.05, 4.69) is 5.32 Å². The number of cyclic esters (lactones) is 1. The Morgan fingerprint density at radius 3 is 2.19 bits per heavy atom. The highest BCUT2D eigenvalue weighted by molar-refractivity contribution is 5.81. The van der Waals surface area contributed by atoms with Gasteiger partial charge >= 0.3 is 18.2 Å². The van der Waals surface area contributed by atoms with Gasteiger partial charge in [0, 0.05) is 5.92 Å². The number of alkyl carbamates (subject to hydrolysis) is 1. The average Bonchev–Trinajstić information content (AvgIpc) is 2.84. The fourth-order valence-corrected chi connectivity index (χ4v) is 4.84. The van der Waals surface area contributed by atoms with E-state index in [9.17, 15) is 22.8 Å². The van der Waals surface area contributed by atoms with E-state index in [-0.39, 0.29) is 11.8 Å². The maximum atomic E-state index is 13.0. The van der Waals surface area contributed by atoms with Crippen LogP contribution in [0, 0.1) is 11.8 Å². The van der Waals surface area contributed by atoms with E-state index in [0.717, 1.165) is 29.7 Å². The molecule has 0 aromatic heterocycles. The van der Waals surface area contributed by atoms with Crippen LogP contribution in [0.1, 0.15) is 63.6 Å². The molecule has 0 bridgehead atoms. The van der Waals surface area contributed by atoms with Crippen molar-refractivity contribution >= 4 is 12.1 Å². The van der Waals surface area contributed by atoms with Crippen molar-refractivity contribution < 1.29 is 32.2 Å². The number of hydrogen-bond acceptors (Lipinski definition) is 4. The Labute approximate surface area is 216 Å². The quantitative estimate of drug-likeness (QED) is 0.445. The summed E-state index contributed by atoms with van der Waals surface area (Å²) in [4.78, 5) is 25.4. The van der Waals surface area contributed by atoms with Gasteiger partial charge in [-0.1, -0.05) is 48.9 Å². The number of esters is 1. The molecule has 37 heavy (non-hydrogen) atoms. The van der Waals surface area contributed by atoms with Crippen LogP contribution in [0.5, 0.6) is 0 Å². The van der Waals surface area contributed by atoms with E-state index in [1.165, 1.54) is 12.1 Å². The summed E-state index contributed by atoms with van der Waals surface area (Å²) in [5.41, 5.74) is 0.519. The van der Waals surface area contributed by atoms with E-state index in [4.69, 9.17) is 9.47 Å². The van der Waals surface area contributed by atoms with Crippen molar-refractivity contribution in [2.45, 2.75) is 83.7 Å². The zero-order valence-corrected chi connectivity index (χ0v) is 21.8. The molecule has 0 aliphatic carbocycles. The van der Waals surface area contributed by atoms with Crippen LogP contribution in [0.15, 0.2) is 54.6 Å². The zero-order valence-electron chi connectivity index (χ0n) is 21.8. The van der Waals surface area contributed by atoms with Gasteiger partial charge < -0.3 is 14.8 Å². The zero-order chi connectivity index (χ0) is 27.2. The molecular weight excluding hydrogens is 483 g/mol. The first-order chi connectivity index (χ1) is 17.3. The van der Waals surface area contributed by atoms with Gasteiger partial charge in [-0.05, 0) is 82.6 Å². The molecule has 5 nitrogen and oxygen atoms in total. The molecule has 1 aliphatic heterocycles. The number of carbonyl (C=O) groups is 2. The normalized spacial score (nSPS) is 23.3. The van der Waals surface area contributed by atoms with Crippen LogP contribution in [0.4, 0.5) is 18.0 Å². The summed E-state index contributed by atoms with van der Waals surface area (Å²) in [5.74, 6) is -0.513. The number of nitrogens with one attached hydrogen (secondary N) is 1. The van der Waals surface area contributed by atoms with Gasteiger partial charge in [0.25, 0.3) is 0 Å². The number of rotatable bonds is 5. The SMILES string of the molecule is C[C@@H]1OC(=O)[C@@H](NC(=O)OC(C)(C)C)CCC[C@H](Cc2ccc(C(F)(F)F)cc2)[C@H]1Cc1ccccc1. The predicted octanol–water partition coefficient (Wildman–Crippen LogP) is 6.73. The van der Waals surface area contributed by atoms with Gasteiger partial charge in [0.05, 0.1) is 5.56 Å². The molecule has 0 saturated carbocycles. The second-order valence-electron chi connectivity index (χ2n) is 10.8. The average molecular weight is 520 g/mol. The molecule has 4 atom stereocenters. The van der Waals surface area contributed by atoms with Gasteiger partial charge in [0.15, 0.2) is 0 Å². The Hall–Kier alpha value is -3.03. The van der Waals surface area contributed by atoms with E-state index in [1.54, 1.807) is 20.8 Å². The van der Waals surface area contributed by atoms with Crippen molar-refractivity contribution in [3.63, 3.8) is 0 Å². The summed E-state index contributed by atoms with van der Waals surface area (Å²) in [5, 5.41) is 2.65. The third kappa shape index (κ3) is 8.79. The minimum Gasteiger partial charge on any atom is -0.461 e. The molecular formula is C29H36F3NO4. The Kier molecular flexibility index (Phi) is 9.26. The van der Waals surface area contributed by atoms with Crippen molar-refractivity contribution in [2.24, 2.45) is 11.8 Å². The van der Waals surface area contributed by atoms with E-state index in [0.29, 0.717) is 25.7 Å². The van der Waals surface area contributed by atoms with E-state index in [1.807, 2.05) is 37.3 Å². The molecule has 1 aliphatic rings. The van der Waals surface area contributed by atoms with Crippen molar-refractivity contribution in [1.29, 1.82) is 0 Å². The van der Waals surface area contributed by atoms with Gasteiger partial charge in [-0.25, -0.2) is 9.59 Å². The summed E-state index contributed by atoms with van der Waals surface area (Å²) < 4.78 is 50.3. The lowest BCUT2D eigenvalue weighted by molar-refractivity contribution is -0.154. The first kappa shape index (κ1) is 28.5. The monoisotopic (exact) mass is 519 g/mol. The Morgan fingerprint density at radius 1 is 0.973 bits per heavy atom. The lowest BCUT2D eigenvalue weighted by Gasteiger charge is -2.31. The lowest BCUT2D eigenvalue weighted by Crippen LogP contribution is -2.45. The van der Waals surface area contributed by atoms with Crippen LogP contribution in [0.3, 0.4) is 0 Å². The highest BCUT2D eigenvalue weighted by Gasteiger charge is 2.35. The van der Waals surface area contributed by atoms with Crippen LogP contribution in [0.25, 0.3) is 0 Å². The molecule has 1 amide bonds. The summed E-state index contributed by atoms with van der Waals surface area (Å²) in [7, 11) is 0. The molecule has 1 saturated heterocycles. The standard InChI is InChI=1S/C29H36F3NO4/c1-19-24(18-20-9-6-5-7-10-20)22(17-21-13-15-23(16-14-21)29(30,31)32)11-8-12-25(26(34)36-19)33-27(35)37-28(2,3)4/h5-7,9-10,13-16,19,22,24-25H,8,11-12,17-18H2,1-4H3,(H,33,35)/t19-,22+,24-,25-/m0/s1. The second-order valence-corrected chi connectivity index (χ2v) is 10.8. The van der Waals surface area contributed by atoms with Gasteiger partial charge in [-0.3, -0.25) is 0 Å². The fourth-order valence-electron chi connectivity index (χ4n) is 4.84. The number of benzene rings is 2. The minimum atomic E-state index is -4.38. The maximum Gasteiger partial charge on any atom is 0.416 e. The fraction of sp³-hybridized carbons (Fsp3) is 0.517. The highest BCUT2D eigenvalue weighted by Crippen LogP contribution is 2.34. The van der Waals surface area contributed by atoms with Crippen molar-refractivity contribution in [2.75, 3.05) is 0 Å². The van der Waals surface area contributed by atoms with Crippen LogP contribution >= 0.6 is 0 Å². The second kappa shape index (κ2) is 12.0. The molecule has 8 heteroatoms. The summed E-state index contributed by atoms with van der Waals surface area (Å²) in [6, 6.07) is 14.3. The molecule has 0 spiro atoms. The maximum absolute atomic E-state index is 13.0. The number of ether oxygens (including phenoxy) is 2. The summed E-state index contributed by atoms with van der Waals surface area (Å²) >= 11 is 0. The van der Waals surface area contributed by atoms with Crippen molar-refractivity contribution in [1.82, 2.24) is 5.32 Å². The Bertz CT molecular complexity index is 1030. The molecule has 3 rings (SSSR count). The third-order valence-electron chi connectivity index (χ3n) is 6.65. The van der Waals surface area contributed by atoms with Crippen LogP contribution < -0.4 is 5.32 Å². The molecule has 1 heterocycles. The van der Waals surface area contributed by atoms with E-state index >= 15 is 0 Å². The van der Waals surface area contributed by atoms with Crippen LogP contribution in [0.2, 0.25) is 0 Å². The van der Waals surface area contributed by atoms with E-state index < -0.39 is 41.5 Å². The molecule has 0 radical (unpaired) electrons. The highest BCUT2D eigenvalue weighted by atomic mass is 19.4. The number of halogens is 3. The molecule has 0 unspecified atom stereocenters. The Morgan fingerprint density at radius 2 is 1.59 bits per heavy atom. The topological polar surface area (TPSA) is 64.6 Å². The molecule has 1 fully saturated rings. The van der Waals surface area contributed by atoms with Gasteiger partial charge in [0.2, 0.25) is 0 Å². The number of alkyl halides is 3. The predicted molar refractivity (Wildman–Crippen MR) is 135 cm³/mol.